The minimum Gasteiger partial charge on any atom is -0.790 e. The Hall–Kier alpha value is -0.510. The lowest BCUT2D eigenvalue weighted by Crippen LogP contribution is -2.26. The Balaban J connectivity index is 1.64. The van der Waals surface area contributed by atoms with Gasteiger partial charge in [-0.25, -0.2) is 15.0 Å². The number of hydrogen-bond donors (Lipinski definition) is 2. The summed E-state index contributed by atoms with van der Waals surface area (Å²) in [6, 6.07) is 0. The first-order valence-corrected chi connectivity index (χ1v) is 14.3. The monoisotopic (exact) mass is 519 g/mol. The molecule has 3 rings (SSSR count). The highest BCUT2D eigenvalue weighted by molar-refractivity contribution is 8.52. The van der Waals surface area contributed by atoms with Gasteiger partial charge in [0.05, 0.1) is 32.6 Å². The topological polar surface area (TPSA) is 230 Å². The summed E-state index contributed by atoms with van der Waals surface area (Å²) in [6.07, 6.45) is -0.0844. The molecule has 0 spiro atoms. The zero-order valence-corrected chi connectivity index (χ0v) is 18.8. The molecule has 2 aromatic rings. The number of nitrogens with two attached hydrogens (primary N) is 1. The molecule has 2 aromatic heterocycles. The molecule has 3 N–H and O–H groups in total. The van der Waals surface area contributed by atoms with Crippen molar-refractivity contribution in [3.8, 4) is 0 Å². The second kappa shape index (κ2) is 8.79. The van der Waals surface area contributed by atoms with E-state index in [1.165, 1.54) is 17.2 Å². The summed E-state index contributed by atoms with van der Waals surface area (Å²) >= 11 is 9.39. The van der Waals surface area contributed by atoms with Gasteiger partial charge in [-0.15, -0.1) is 0 Å². The van der Waals surface area contributed by atoms with Crippen molar-refractivity contribution in [2.75, 3.05) is 12.3 Å². The lowest BCUT2D eigenvalue weighted by atomic mass is 10.2. The van der Waals surface area contributed by atoms with Crippen LogP contribution in [0.4, 0.5) is 5.82 Å². The fourth-order valence-corrected chi connectivity index (χ4v) is 7.26. The highest BCUT2D eigenvalue weighted by Crippen LogP contribution is 2.63. The third kappa shape index (κ3) is 6.04. The van der Waals surface area contributed by atoms with E-state index in [1.54, 1.807) is 0 Å². The summed E-state index contributed by atoms with van der Waals surface area (Å²) in [6.45, 7) is -0.491. The van der Waals surface area contributed by atoms with Crippen LogP contribution >= 0.6 is 21.3 Å². The summed E-state index contributed by atoms with van der Waals surface area (Å²) in [5, 5.41) is 10.2. The van der Waals surface area contributed by atoms with Crippen molar-refractivity contribution in [1.82, 2.24) is 19.5 Å². The molecule has 1 saturated heterocycles. The molecule has 168 valence electrons. The van der Waals surface area contributed by atoms with Gasteiger partial charge >= 0.3 is 0 Å². The van der Waals surface area contributed by atoms with E-state index in [4.69, 9.17) is 39.0 Å². The number of nitrogen functional groups attached to an aromatic ring is 1. The Bertz CT molecular complexity index is 1080. The van der Waals surface area contributed by atoms with Crippen LogP contribution in [0.2, 0.25) is 0 Å². The van der Waals surface area contributed by atoms with Crippen molar-refractivity contribution in [3.05, 3.63) is 12.7 Å². The van der Waals surface area contributed by atoms with Crippen molar-refractivity contribution in [2.45, 2.75) is 24.9 Å². The predicted octanol–water partition coefficient (Wildman–Crippen LogP) is -1.82. The van der Waals surface area contributed by atoms with E-state index in [0.29, 0.717) is 11.2 Å². The molecule has 1 fully saturated rings. The van der Waals surface area contributed by atoms with Crippen LogP contribution in [0.1, 0.15) is 12.6 Å². The summed E-state index contributed by atoms with van der Waals surface area (Å²) in [5.41, 5.74) is 2.39. The fourth-order valence-electron chi connectivity index (χ4n) is 2.56. The molecule has 0 amide bonds. The van der Waals surface area contributed by atoms with Gasteiger partial charge in [-0.2, -0.15) is 0 Å². The maximum atomic E-state index is 11.4. The third-order valence-electron chi connectivity index (χ3n) is 3.70. The number of anilines is 1. The zero-order valence-electron chi connectivity index (χ0n) is 14.4. The molecule has 5 atom stereocenters. The van der Waals surface area contributed by atoms with Crippen LogP contribution < -0.4 is 20.4 Å². The molecule has 3 heterocycles. The van der Waals surface area contributed by atoms with Gasteiger partial charge in [0.2, 0.25) is 0 Å². The molecule has 1 aliphatic rings. The van der Waals surface area contributed by atoms with Gasteiger partial charge in [-0.05, 0) is 0 Å². The number of aliphatic hydroxyl groups is 1. The Morgan fingerprint density at radius 1 is 1.33 bits per heavy atom. The first kappa shape index (κ1) is 24.1. The number of ether oxygens (including phenoxy) is 1. The van der Waals surface area contributed by atoms with Crippen molar-refractivity contribution in [3.63, 3.8) is 0 Å². The molecule has 15 nitrogen and oxygen atoms in total. The van der Waals surface area contributed by atoms with Crippen LogP contribution in [0.15, 0.2) is 12.7 Å². The number of aromatic nitrogens is 4. The van der Waals surface area contributed by atoms with Crippen LogP contribution in [0, 0.1) is 0 Å². The SMILES string of the molecule is Nc1ncnc2c1ncn2[C@H]1C[C@H](O)[C@@H](COP(=S)([S-])OP(=O)([O-])OP(=O)([O-])[O-])O1. The van der Waals surface area contributed by atoms with Crippen LogP contribution in [0.5, 0.6) is 0 Å². The normalized spacial score (nSPS) is 26.5. The van der Waals surface area contributed by atoms with E-state index < -0.39 is 46.4 Å². The maximum Gasteiger partial charge on any atom is 0.276 e. The molecule has 0 radical (unpaired) electrons. The van der Waals surface area contributed by atoms with Gasteiger partial charge in [0.15, 0.2) is 11.5 Å². The lowest BCUT2D eigenvalue weighted by Gasteiger charge is -2.40. The van der Waals surface area contributed by atoms with E-state index in [9.17, 15) is 28.9 Å². The average Bonchev–Trinajstić information content (AvgIpc) is 3.14. The fraction of sp³-hybridized carbons (Fsp3) is 0.500. The van der Waals surface area contributed by atoms with Crippen molar-refractivity contribution in [1.29, 1.82) is 0 Å². The molecular formula is C10H12N5O10P3S2-4. The quantitative estimate of drug-likeness (QED) is 0.289. The number of aliphatic hydroxyl groups excluding tert-OH is 1. The molecule has 0 saturated carbocycles. The van der Waals surface area contributed by atoms with E-state index >= 15 is 0 Å². The molecule has 0 aliphatic carbocycles. The van der Waals surface area contributed by atoms with E-state index in [2.05, 4.69) is 23.6 Å². The zero-order chi connectivity index (χ0) is 22.3. The second-order valence-electron chi connectivity index (χ2n) is 5.82. The van der Waals surface area contributed by atoms with Crippen molar-refractivity contribution in [2.24, 2.45) is 0 Å². The molecule has 0 bridgehead atoms. The molecule has 2 unspecified atom stereocenters. The number of imidazole rings is 1. The largest absolute Gasteiger partial charge is 0.790 e. The molecule has 1 aliphatic heterocycles. The number of nitrogens with zero attached hydrogens (tertiary/aromatic N) is 4. The van der Waals surface area contributed by atoms with Gasteiger partial charge in [0.1, 0.15) is 24.2 Å². The smallest absolute Gasteiger partial charge is 0.276 e. The highest BCUT2D eigenvalue weighted by atomic mass is 32.9. The summed E-state index contributed by atoms with van der Waals surface area (Å²) in [4.78, 5) is 44.2. The average molecular weight is 519 g/mol. The van der Waals surface area contributed by atoms with Crippen LogP contribution in [0.3, 0.4) is 0 Å². The molecule has 20 heteroatoms. The van der Waals surface area contributed by atoms with Crippen molar-refractivity contribution < 1.29 is 46.8 Å². The maximum absolute atomic E-state index is 11.4. The number of fused-ring (bicyclic) bond motifs is 1. The third-order valence-corrected chi connectivity index (χ3v) is 9.20. The number of hydrogen-bond acceptors (Lipinski definition) is 16. The van der Waals surface area contributed by atoms with Gasteiger partial charge in [-0.1, -0.05) is 11.8 Å². The second-order valence-corrected chi connectivity index (χ2v) is 13.6. The predicted molar refractivity (Wildman–Crippen MR) is 99.3 cm³/mol. The first-order chi connectivity index (χ1) is 13.8. The van der Waals surface area contributed by atoms with E-state index in [-0.39, 0.29) is 12.2 Å². The first-order valence-electron chi connectivity index (χ1n) is 7.74. The standard InChI is InChI=1S/C10H16N5O10P3S2/c11-9-8-10(13-3-12-9)15(4-14-8)7-1-5(16)6(23-7)2-22-28(29,30)25-27(20,21)24-26(17,18)19/h3-7,16H,1-2H2,(H,20,21)(H,29,30)(H2,11,12,13)(H2,17,18,19)/p-4/t5-,6+,7+/m0/s1. The van der Waals surface area contributed by atoms with Gasteiger partial charge in [0, 0.05) is 6.42 Å². The highest BCUT2D eigenvalue weighted by Gasteiger charge is 2.36. The Morgan fingerprint density at radius 2 is 2.03 bits per heavy atom. The summed E-state index contributed by atoms with van der Waals surface area (Å²) in [7, 11) is -11.6. The van der Waals surface area contributed by atoms with E-state index in [0.717, 1.165) is 0 Å². The Kier molecular flexibility index (Phi) is 7.07. The lowest BCUT2D eigenvalue weighted by molar-refractivity contribution is -0.339. The van der Waals surface area contributed by atoms with Crippen LogP contribution in [-0.2, 0) is 51.1 Å². The Morgan fingerprint density at radius 3 is 2.70 bits per heavy atom. The Labute approximate surface area is 178 Å². The van der Waals surface area contributed by atoms with Gasteiger partial charge in [-0.3, -0.25) is 17.8 Å². The van der Waals surface area contributed by atoms with Crippen molar-refractivity contribution >= 4 is 62.4 Å². The number of rotatable bonds is 8. The molecular weight excluding hydrogens is 507 g/mol. The minimum atomic E-state index is -5.91. The molecule has 0 aromatic carbocycles. The summed E-state index contributed by atoms with van der Waals surface area (Å²) in [5.74, 6) is 0.158. The molecule has 30 heavy (non-hydrogen) atoms. The van der Waals surface area contributed by atoms with Gasteiger partial charge in [0.25, 0.3) is 7.82 Å². The van der Waals surface area contributed by atoms with Crippen LogP contribution in [0.25, 0.3) is 11.2 Å². The van der Waals surface area contributed by atoms with Gasteiger partial charge < -0.3 is 51.6 Å². The van der Waals surface area contributed by atoms with E-state index in [1.807, 2.05) is 0 Å². The van der Waals surface area contributed by atoms with Crippen LogP contribution in [-0.4, -0.2) is 43.4 Å². The summed E-state index contributed by atoms with van der Waals surface area (Å²) < 4.78 is 41.5. The minimum absolute atomic E-state index is 0.0866. The number of phosphoric acid groups is 2.